The first-order valence-electron chi connectivity index (χ1n) is 21.4. The number of carbonyl (C=O) groups excluding carboxylic acids is 6. The number of nitrogens with zero attached hydrogens (tertiary/aromatic N) is 2. The van der Waals surface area contributed by atoms with Crippen molar-refractivity contribution in [2.75, 3.05) is 65.2 Å². The third kappa shape index (κ3) is 11.9. The van der Waals surface area contributed by atoms with Crippen LogP contribution in [0.1, 0.15) is 81.5 Å². The van der Waals surface area contributed by atoms with E-state index >= 15 is 0 Å². The van der Waals surface area contributed by atoms with Crippen LogP contribution in [0.2, 0.25) is 36.3 Å². The first-order valence-corrected chi connectivity index (χ1v) is 27.2. The fourth-order valence-electron chi connectivity index (χ4n) is 7.09. The molecule has 0 spiro atoms. The maximum absolute atomic E-state index is 14.0. The van der Waals surface area contributed by atoms with E-state index < -0.39 is 63.9 Å². The van der Waals surface area contributed by atoms with Crippen LogP contribution in [0.5, 0.6) is 23.0 Å². The Morgan fingerprint density at radius 1 is 0.635 bits per heavy atom. The molecule has 2 aromatic carbocycles. The highest BCUT2D eigenvalue weighted by Gasteiger charge is 2.45. The highest BCUT2D eigenvalue weighted by Crippen LogP contribution is 2.41. The van der Waals surface area contributed by atoms with Crippen LogP contribution in [0.15, 0.2) is 24.3 Å². The van der Waals surface area contributed by atoms with Gasteiger partial charge in [-0.15, -0.1) is 0 Å². The molecule has 0 aliphatic carbocycles. The van der Waals surface area contributed by atoms with Gasteiger partial charge in [-0.05, 0) is 61.2 Å². The maximum Gasteiger partial charge on any atom is 0.256 e. The summed E-state index contributed by atoms with van der Waals surface area (Å²) in [6.45, 7) is 22.1. The predicted octanol–water partition coefficient (Wildman–Crippen LogP) is 5.96. The molecular formula is C45H68N4O12Si2. The number of benzene rings is 2. The van der Waals surface area contributed by atoms with Gasteiger partial charge in [-0.2, -0.15) is 0 Å². The molecule has 16 nitrogen and oxygen atoms in total. The van der Waals surface area contributed by atoms with Crippen LogP contribution in [0.3, 0.4) is 0 Å². The lowest BCUT2D eigenvalue weighted by atomic mass is 10.0. The summed E-state index contributed by atoms with van der Waals surface area (Å²) in [6, 6.07) is 5.17. The third-order valence-corrected chi connectivity index (χ3v) is 22.2. The quantitative estimate of drug-likeness (QED) is 0.0516. The highest BCUT2D eigenvalue weighted by atomic mass is 28.4. The fraction of sp³-hybridized carbons (Fsp3) is 0.600. The molecule has 18 heteroatoms. The van der Waals surface area contributed by atoms with Gasteiger partial charge in [0, 0.05) is 54.9 Å². The smallest absolute Gasteiger partial charge is 0.256 e. The monoisotopic (exact) mass is 912 g/mol. The summed E-state index contributed by atoms with van der Waals surface area (Å²) in [4.78, 5) is 78.9. The van der Waals surface area contributed by atoms with Crippen LogP contribution in [0, 0.1) is 11.8 Å². The Kier molecular flexibility index (Phi) is 16.4. The molecule has 0 saturated carbocycles. The van der Waals surface area contributed by atoms with Gasteiger partial charge < -0.3 is 49.1 Å². The predicted molar refractivity (Wildman–Crippen MR) is 245 cm³/mol. The molecule has 0 aromatic heterocycles. The molecule has 0 radical (unpaired) electrons. The minimum Gasteiger partial charge on any atom is -0.493 e. The standard InChI is InChI=1S/C45H68N4O12Si2/c1-44(2,3)62(9,10)60-26-30-16-28(36(52)24-50)22-48(30)42(54)32-18-38(56-7)40(20-34(32)46)58-14-13-15-59-41-21-35(47)33(19-39(41)57-8)43(55)49-23-29(37(53)25-51)17-31(49)27-61-63(11,12)45(4,5)6/h18-21,24-25,28-31H,13-17,22-23,26-27,46-47H2,1-12H3/t28-,29?,30+,31?/m1/s1. The second kappa shape index (κ2) is 20.4. The number of hydrogen-bond acceptors (Lipinski definition) is 14. The molecule has 0 bridgehead atoms. The van der Waals surface area contributed by atoms with Crippen molar-refractivity contribution in [1.82, 2.24) is 9.80 Å². The number of nitrogen functional groups attached to an aromatic ring is 2. The first-order chi connectivity index (χ1) is 29.3. The minimum absolute atomic E-state index is 0.0639. The number of likely N-dealkylation sites (tertiary alicyclic amines) is 2. The number of methoxy groups -OCH3 is 2. The largest absolute Gasteiger partial charge is 0.493 e. The zero-order valence-corrected chi connectivity index (χ0v) is 41.1. The number of aldehydes is 2. The van der Waals surface area contributed by atoms with Gasteiger partial charge in [-0.3, -0.25) is 28.8 Å². The SMILES string of the molecule is COc1cc(C(=O)N2CC(C(=O)C=O)CC2CO[Si](C)(C)C(C)(C)C)c(N)cc1OCCCOc1cc(N)c(C(=O)N2C[C@H](C(=O)C=O)C[C@H]2CO[Si](C)(C)C(C)(C)C)cc1OC. The number of hydrogen-bond donors (Lipinski definition) is 2. The van der Waals surface area contributed by atoms with Gasteiger partial charge in [0.25, 0.3) is 11.8 Å². The van der Waals surface area contributed by atoms with Crippen molar-refractivity contribution in [3.63, 3.8) is 0 Å². The van der Waals surface area contributed by atoms with E-state index in [4.69, 9.17) is 39.3 Å². The Morgan fingerprint density at radius 2 is 0.984 bits per heavy atom. The van der Waals surface area contributed by atoms with Crippen molar-refractivity contribution in [3.05, 3.63) is 35.4 Å². The molecule has 63 heavy (non-hydrogen) atoms. The van der Waals surface area contributed by atoms with Crippen LogP contribution in [-0.4, -0.2) is 128 Å². The Balaban J connectivity index is 1.42. The molecule has 348 valence electrons. The Labute approximate surface area is 373 Å². The number of amides is 2. The van der Waals surface area contributed by atoms with Gasteiger partial charge in [-0.1, -0.05) is 41.5 Å². The van der Waals surface area contributed by atoms with Crippen LogP contribution in [0.25, 0.3) is 0 Å². The van der Waals surface area contributed by atoms with E-state index in [0.29, 0.717) is 43.3 Å². The summed E-state index contributed by atoms with van der Waals surface area (Å²) >= 11 is 0. The summed E-state index contributed by atoms with van der Waals surface area (Å²) in [5.41, 5.74) is 13.5. The Hall–Kier alpha value is -4.79. The topological polar surface area (TPSA) is 216 Å². The summed E-state index contributed by atoms with van der Waals surface area (Å²) in [5.74, 6) is -2.08. The molecular weight excluding hydrogens is 845 g/mol. The molecule has 2 amide bonds. The molecule has 2 aromatic rings. The number of ketones is 2. The minimum atomic E-state index is -2.19. The number of carbonyl (C=O) groups is 6. The van der Waals surface area contributed by atoms with Crippen molar-refractivity contribution >= 4 is 64.0 Å². The summed E-state index contributed by atoms with van der Waals surface area (Å²) in [5, 5.41) is -0.136. The first kappa shape index (κ1) is 50.9. The molecule has 2 heterocycles. The van der Waals surface area contributed by atoms with E-state index in [-0.39, 0.29) is 83.6 Å². The van der Waals surface area contributed by atoms with E-state index in [1.165, 1.54) is 38.5 Å². The van der Waals surface area contributed by atoms with E-state index in [2.05, 4.69) is 67.7 Å². The lowest BCUT2D eigenvalue weighted by molar-refractivity contribution is -0.132. The average molecular weight is 913 g/mol. The molecule has 2 aliphatic heterocycles. The highest BCUT2D eigenvalue weighted by molar-refractivity contribution is 6.74. The van der Waals surface area contributed by atoms with Crippen molar-refractivity contribution in [1.29, 1.82) is 0 Å². The summed E-state index contributed by atoms with van der Waals surface area (Å²) in [7, 11) is -1.49. The van der Waals surface area contributed by atoms with Crippen molar-refractivity contribution < 1.29 is 56.6 Å². The normalized spacial score (nSPS) is 19.4. The average Bonchev–Trinajstić information content (AvgIpc) is 3.85. The number of Topliss-reactive ketones (excluding diaryl/α,β-unsaturated/α-hetero) is 2. The van der Waals surface area contributed by atoms with Crippen LogP contribution >= 0.6 is 0 Å². The van der Waals surface area contributed by atoms with Crippen molar-refractivity contribution in [2.45, 2.75) is 109 Å². The molecule has 2 aliphatic rings. The molecule has 2 saturated heterocycles. The van der Waals surface area contributed by atoms with Crippen LogP contribution in [0.4, 0.5) is 11.4 Å². The van der Waals surface area contributed by atoms with E-state index in [1.54, 1.807) is 9.80 Å². The fourth-order valence-corrected chi connectivity index (χ4v) is 9.18. The summed E-state index contributed by atoms with van der Waals surface area (Å²) in [6.07, 6.45) is 1.61. The van der Waals surface area contributed by atoms with Crippen LogP contribution in [-0.2, 0) is 28.0 Å². The van der Waals surface area contributed by atoms with Gasteiger partial charge in [-0.25, -0.2) is 0 Å². The Morgan fingerprint density at radius 3 is 1.29 bits per heavy atom. The van der Waals surface area contributed by atoms with Gasteiger partial charge >= 0.3 is 0 Å². The molecule has 2 fully saturated rings. The van der Waals surface area contributed by atoms with Gasteiger partial charge in [0.2, 0.25) is 0 Å². The molecule has 4 N–H and O–H groups in total. The number of anilines is 2. The van der Waals surface area contributed by atoms with Crippen LogP contribution < -0.4 is 30.4 Å². The molecule has 4 rings (SSSR count). The molecule has 2 unspecified atom stereocenters. The Bertz CT molecular complexity index is 1890. The zero-order chi connectivity index (χ0) is 47.2. The van der Waals surface area contributed by atoms with E-state index in [0.717, 1.165) is 0 Å². The van der Waals surface area contributed by atoms with Crippen molar-refractivity contribution in [2.24, 2.45) is 11.8 Å². The van der Waals surface area contributed by atoms with E-state index in [1.807, 2.05) is 0 Å². The number of nitrogens with two attached hydrogens (primary N) is 2. The van der Waals surface area contributed by atoms with Gasteiger partial charge in [0.15, 0.2) is 63.8 Å². The zero-order valence-electron chi connectivity index (χ0n) is 39.1. The van der Waals surface area contributed by atoms with Crippen molar-refractivity contribution in [3.8, 4) is 23.0 Å². The number of ether oxygens (including phenoxy) is 4. The molecule has 4 atom stereocenters. The lowest BCUT2D eigenvalue weighted by Gasteiger charge is -2.38. The lowest BCUT2D eigenvalue weighted by Crippen LogP contribution is -2.46. The third-order valence-electron chi connectivity index (χ3n) is 13.2. The second-order valence-corrected chi connectivity index (χ2v) is 29.1. The summed E-state index contributed by atoms with van der Waals surface area (Å²) < 4.78 is 36.1. The second-order valence-electron chi connectivity index (χ2n) is 19.5. The number of rotatable bonds is 20. The maximum atomic E-state index is 14.0. The van der Waals surface area contributed by atoms with Gasteiger partial charge in [0.05, 0.1) is 63.9 Å². The van der Waals surface area contributed by atoms with E-state index in [9.17, 15) is 28.8 Å². The van der Waals surface area contributed by atoms with Gasteiger partial charge in [0.1, 0.15) is 0 Å².